The second-order valence-corrected chi connectivity index (χ2v) is 6.96. The highest BCUT2D eigenvalue weighted by molar-refractivity contribution is 5.73. The Balaban J connectivity index is 3.18. The molecule has 22 heavy (non-hydrogen) atoms. The normalized spacial score (nSPS) is 12.5. The van der Waals surface area contributed by atoms with Crippen LogP contribution in [-0.4, -0.2) is 5.91 Å². The lowest BCUT2D eigenvalue weighted by atomic mass is 9.93. The monoisotopic (exact) mass is 311 g/mol. The van der Waals surface area contributed by atoms with E-state index >= 15 is 0 Å². The van der Waals surface area contributed by atoms with Gasteiger partial charge in [0.2, 0.25) is 5.91 Å². The molecule has 1 atom stereocenters. The molecule has 0 aliphatic heterocycles. The predicted octanol–water partition coefficient (Wildman–Crippen LogP) is 6.37. The molecule has 1 unspecified atom stereocenters. The molecule has 0 aliphatic rings. The van der Waals surface area contributed by atoms with E-state index in [1.807, 2.05) is 0 Å². The SMILES string of the molecule is CCCCC(CC)CCCCCCCCCCCCC(N)=O. The zero-order chi connectivity index (χ0) is 16.5. The van der Waals surface area contributed by atoms with Gasteiger partial charge in [0.1, 0.15) is 0 Å². The summed E-state index contributed by atoms with van der Waals surface area (Å²) in [5.74, 6) is 0.834. The molecule has 132 valence electrons. The predicted molar refractivity (Wildman–Crippen MR) is 97.9 cm³/mol. The Morgan fingerprint density at radius 1 is 0.727 bits per heavy atom. The Morgan fingerprint density at radius 2 is 1.18 bits per heavy atom. The topological polar surface area (TPSA) is 43.1 Å². The van der Waals surface area contributed by atoms with Crippen molar-refractivity contribution in [1.82, 2.24) is 0 Å². The van der Waals surface area contributed by atoms with Gasteiger partial charge in [-0.05, 0) is 12.3 Å². The minimum absolute atomic E-state index is 0.153. The van der Waals surface area contributed by atoms with E-state index in [1.165, 1.54) is 89.9 Å². The minimum atomic E-state index is -0.153. The first-order valence-electron chi connectivity index (χ1n) is 9.99. The molecule has 2 nitrogen and oxygen atoms in total. The average molecular weight is 312 g/mol. The Kier molecular flexibility index (Phi) is 16.4. The van der Waals surface area contributed by atoms with Crippen molar-refractivity contribution in [1.29, 1.82) is 0 Å². The minimum Gasteiger partial charge on any atom is -0.370 e. The number of rotatable bonds is 17. The fraction of sp³-hybridized carbons (Fsp3) is 0.950. The van der Waals surface area contributed by atoms with E-state index < -0.39 is 0 Å². The summed E-state index contributed by atoms with van der Waals surface area (Å²) in [5, 5.41) is 0. The van der Waals surface area contributed by atoms with E-state index in [-0.39, 0.29) is 5.91 Å². The molecule has 0 aromatic heterocycles. The molecule has 0 saturated carbocycles. The van der Waals surface area contributed by atoms with E-state index in [9.17, 15) is 4.79 Å². The van der Waals surface area contributed by atoms with Gasteiger partial charge in [-0.1, -0.05) is 104 Å². The molecule has 0 bridgehead atoms. The molecule has 0 fully saturated rings. The summed E-state index contributed by atoms with van der Waals surface area (Å²) in [5.41, 5.74) is 5.13. The second kappa shape index (κ2) is 16.8. The molecule has 0 aromatic rings. The third-order valence-electron chi connectivity index (χ3n) is 4.83. The molecule has 0 aromatic carbocycles. The lowest BCUT2D eigenvalue weighted by Crippen LogP contribution is -2.09. The molecular formula is C20H41NO. The van der Waals surface area contributed by atoms with Crippen molar-refractivity contribution in [3.63, 3.8) is 0 Å². The van der Waals surface area contributed by atoms with Gasteiger partial charge in [0.05, 0.1) is 0 Å². The maximum absolute atomic E-state index is 10.6. The molecule has 2 heteroatoms. The van der Waals surface area contributed by atoms with Crippen LogP contribution in [0.2, 0.25) is 0 Å². The maximum Gasteiger partial charge on any atom is 0.217 e. The smallest absolute Gasteiger partial charge is 0.217 e. The molecular weight excluding hydrogens is 270 g/mol. The summed E-state index contributed by atoms with van der Waals surface area (Å²) in [6.45, 7) is 4.65. The van der Waals surface area contributed by atoms with Crippen LogP contribution in [0.4, 0.5) is 0 Å². The van der Waals surface area contributed by atoms with Gasteiger partial charge in [-0.15, -0.1) is 0 Å². The first kappa shape index (κ1) is 21.5. The van der Waals surface area contributed by atoms with Crippen molar-refractivity contribution >= 4 is 5.91 Å². The standard InChI is InChI=1S/C20H41NO/c1-3-5-16-19(4-2)17-14-12-10-8-6-7-9-11-13-15-18-20(21)22/h19H,3-18H2,1-2H3,(H2,21,22). The van der Waals surface area contributed by atoms with Crippen molar-refractivity contribution < 1.29 is 4.79 Å². The largest absolute Gasteiger partial charge is 0.370 e. The summed E-state index contributed by atoms with van der Waals surface area (Å²) in [7, 11) is 0. The van der Waals surface area contributed by atoms with Crippen LogP contribution in [0.15, 0.2) is 0 Å². The van der Waals surface area contributed by atoms with Crippen LogP contribution < -0.4 is 5.73 Å². The van der Waals surface area contributed by atoms with Crippen molar-refractivity contribution in [2.45, 2.75) is 117 Å². The summed E-state index contributed by atoms with van der Waals surface area (Å²) in [6.07, 6.45) is 20.8. The van der Waals surface area contributed by atoms with Crippen molar-refractivity contribution in [2.24, 2.45) is 11.7 Å². The van der Waals surface area contributed by atoms with Crippen LogP contribution in [0.25, 0.3) is 0 Å². The summed E-state index contributed by atoms with van der Waals surface area (Å²) >= 11 is 0. The number of carbonyl (C=O) groups is 1. The van der Waals surface area contributed by atoms with Gasteiger partial charge in [0.15, 0.2) is 0 Å². The lowest BCUT2D eigenvalue weighted by molar-refractivity contribution is -0.118. The second-order valence-electron chi connectivity index (χ2n) is 6.96. The Morgan fingerprint density at radius 3 is 1.64 bits per heavy atom. The van der Waals surface area contributed by atoms with Crippen LogP contribution in [0.3, 0.4) is 0 Å². The van der Waals surface area contributed by atoms with Crippen molar-refractivity contribution in [3.8, 4) is 0 Å². The van der Waals surface area contributed by atoms with Gasteiger partial charge in [-0.2, -0.15) is 0 Å². The average Bonchev–Trinajstić information content (AvgIpc) is 2.51. The number of unbranched alkanes of at least 4 members (excludes halogenated alkanes) is 10. The van der Waals surface area contributed by atoms with Crippen molar-refractivity contribution in [2.75, 3.05) is 0 Å². The number of amides is 1. The molecule has 0 aliphatic carbocycles. The van der Waals surface area contributed by atoms with E-state index in [4.69, 9.17) is 5.73 Å². The van der Waals surface area contributed by atoms with Gasteiger partial charge in [0, 0.05) is 6.42 Å². The molecule has 0 heterocycles. The van der Waals surface area contributed by atoms with Crippen molar-refractivity contribution in [3.05, 3.63) is 0 Å². The zero-order valence-corrected chi connectivity index (χ0v) is 15.4. The highest BCUT2D eigenvalue weighted by Crippen LogP contribution is 2.20. The maximum atomic E-state index is 10.6. The first-order valence-corrected chi connectivity index (χ1v) is 9.99. The van der Waals surface area contributed by atoms with Crippen LogP contribution in [0.1, 0.15) is 117 Å². The Bertz CT molecular complexity index is 240. The summed E-state index contributed by atoms with van der Waals surface area (Å²) in [4.78, 5) is 10.6. The summed E-state index contributed by atoms with van der Waals surface area (Å²) in [6, 6.07) is 0. The van der Waals surface area contributed by atoms with Gasteiger partial charge in [0.25, 0.3) is 0 Å². The summed E-state index contributed by atoms with van der Waals surface area (Å²) < 4.78 is 0. The first-order chi connectivity index (χ1) is 10.7. The van der Waals surface area contributed by atoms with Gasteiger partial charge in [-0.25, -0.2) is 0 Å². The molecule has 0 rings (SSSR count). The number of nitrogens with two attached hydrogens (primary N) is 1. The number of carbonyl (C=O) groups excluding carboxylic acids is 1. The van der Waals surface area contributed by atoms with Gasteiger partial charge in [-0.3, -0.25) is 4.79 Å². The number of hydrogen-bond donors (Lipinski definition) is 1. The molecule has 1 amide bonds. The fourth-order valence-electron chi connectivity index (χ4n) is 3.19. The van der Waals surface area contributed by atoms with E-state index in [1.54, 1.807) is 0 Å². The molecule has 0 radical (unpaired) electrons. The van der Waals surface area contributed by atoms with Crippen LogP contribution >= 0.6 is 0 Å². The van der Waals surface area contributed by atoms with Crippen LogP contribution in [-0.2, 0) is 4.79 Å². The van der Waals surface area contributed by atoms with Crippen LogP contribution in [0, 0.1) is 5.92 Å². The van der Waals surface area contributed by atoms with Gasteiger partial charge < -0.3 is 5.73 Å². The number of primary amides is 1. The van der Waals surface area contributed by atoms with E-state index in [2.05, 4.69) is 13.8 Å². The van der Waals surface area contributed by atoms with E-state index in [0.717, 1.165) is 12.3 Å². The highest BCUT2D eigenvalue weighted by atomic mass is 16.1. The Hall–Kier alpha value is -0.530. The number of hydrogen-bond acceptors (Lipinski definition) is 1. The zero-order valence-electron chi connectivity index (χ0n) is 15.4. The molecule has 2 N–H and O–H groups in total. The van der Waals surface area contributed by atoms with E-state index in [0.29, 0.717) is 6.42 Å². The third kappa shape index (κ3) is 15.9. The van der Waals surface area contributed by atoms with Crippen LogP contribution in [0.5, 0.6) is 0 Å². The fourth-order valence-corrected chi connectivity index (χ4v) is 3.19. The highest BCUT2D eigenvalue weighted by Gasteiger charge is 2.04. The molecule has 0 spiro atoms. The van der Waals surface area contributed by atoms with Gasteiger partial charge >= 0.3 is 0 Å². The molecule has 0 saturated heterocycles. The lowest BCUT2D eigenvalue weighted by Gasteiger charge is -2.13. The third-order valence-corrected chi connectivity index (χ3v) is 4.83. The Labute approximate surface area is 139 Å². The quantitative estimate of drug-likeness (QED) is 0.312.